The molecule has 0 heterocycles. The van der Waals surface area contributed by atoms with Crippen LogP contribution >= 0.6 is 0 Å². The molecule has 0 saturated heterocycles. The molecule has 3 unspecified atom stereocenters. The summed E-state index contributed by atoms with van der Waals surface area (Å²) in [6, 6.07) is 6.90. The standard InChI is InChI=1S/C14H22N2O2S/c1-4-10(2)9-19(18)11(3)14(17)16-13-7-5-12(15)6-8-13/h5-8,10-11H,4,9,15H2,1-3H3,(H,16,17). The first-order valence-electron chi connectivity index (χ1n) is 6.47. The first kappa shape index (κ1) is 15.7. The van der Waals surface area contributed by atoms with Crippen LogP contribution in [0.3, 0.4) is 0 Å². The van der Waals surface area contributed by atoms with E-state index >= 15 is 0 Å². The molecule has 1 aromatic rings. The monoisotopic (exact) mass is 282 g/mol. The van der Waals surface area contributed by atoms with Crippen LogP contribution in [0, 0.1) is 5.92 Å². The Morgan fingerprint density at radius 2 is 1.89 bits per heavy atom. The van der Waals surface area contributed by atoms with Gasteiger partial charge in [0.25, 0.3) is 0 Å². The van der Waals surface area contributed by atoms with Crippen LogP contribution in [0.15, 0.2) is 24.3 Å². The molecular weight excluding hydrogens is 260 g/mol. The van der Waals surface area contributed by atoms with Crippen LogP contribution in [0.25, 0.3) is 0 Å². The van der Waals surface area contributed by atoms with Crippen LogP contribution in [-0.4, -0.2) is 21.1 Å². The van der Waals surface area contributed by atoms with Gasteiger partial charge in [-0.25, -0.2) is 0 Å². The molecule has 0 radical (unpaired) electrons. The first-order valence-corrected chi connectivity index (χ1v) is 7.85. The zero-order valence-corrected chi connectivity index (χ0v) is 12.5. The quantitative estimate of drug-likeness (QED) is 0.787. The number of carbonyl (C=O) groups excluding carboxylic acids is 1. The highest BCUT2D eigenvalue weighted by atomic mass is 32.2. The maximum atomic E-state index is 12.0. The van der Waals surface area contributed by atoms with E-state index in [0.29, 0.717) is 23.0 Å². The van der Waals surface area contributed by atoms with Crippen LogP contribution in [0.1, 0.15) is 27.2 Å². The number of amides is 1. The molecule has 0 aromatic heterocycles. The summed E-state index contributed by atoms with van der Waals surface area (Å²) < 4.78 is 12.0. The molecule has 0 fully saturated rings. The van der Waals surface area contributed by atoms with Crippen molar-refractivity contribution in [1.82, 2.24) is 0 Å². The lowest BCUT2D eigenvalue weighted by molar-refractivity contribution is -0.115. The number of rotatable bonds is 6. The van der Waals surface area contributed by atoms with Crippen molar-refractivity contribution in [3.63, 3.8) is 0 Å². The van der Waals surface area contributed by atoms with E-state index in [9.17, 15) is 9.00 Å². The molecular formula is C14H22N2O2S. The summed E-state index contributed by atoms with van der Waals surface area (Å²) in [5.74, 6) is 0.714. The molecule has 0 saturated carbocycles. The summed E-state index contributed by atoms with van der Waals surface area (Å²) in [4.78, 5) is 12.0. The van der Waals surface area contributed by atoms with Crippen LogP contribution in [-0.2, 0) is 15.6 Å². The Balaban J connectivity index is 2.57. The Labute approximate surface area is 117 Å². The minimum absolute atomic E-state index is 0.216. The van der Waals surface area contributed by atoms with Gasteiger partial charge in [-0.2, -0.15) is 0 Å². The van der Waals surface area contributed by atoms with Gasteiger partial charge in [0, 0.05) is 27.9 Å². The molecule has 1 aromatic carbocycles. The van der Waals surface area contributed by atoms with Gasteiger partial charge in [0.15, 0.2) is 0 Å². The Morgan fingerprint density at radius 1 is 1.32 bits per heavy atom. The Morgan fingerprint density at radius 3 is 2.42 bits per heavy atom. The Bertz CT molecular complexity index is 445. The maximum Gasteiger partial charge on any atom is 0.239 e. The number of anilines is 2. The minimum atomic E-state index is -1.14. The van der Waals surface area contributed by atoms with Crippen molar-refractivity contribution in [3.8, 4) is 0 Å². The molecule has 19 heavy (non-hydrogen) atoms. The van der Waals surface area contributed by atoms with Crippen molar-refractivity contribution in [2.75, 3.05) is 16.8 Å². The van der Waals surface area contributed by atoms with Crippen molar-refractivity contribution < 1.29 is 9.00 Å². The van der Waals surface area contributed by atoms with Gasteiger partial charge in [0.2, 0.25) is 5.91 Å². The fourth-order valence-electron chi connectivity index (χ4n) is 1.47. The van der Waals surface area contributed by atoms with Gasteiger partial charge in [0.1, 0.15) is 5.25 Å². The van der Waals surface area contributed by atoms with Crippen molar-refractivity contribution in [1.29, 1.82) is 0 Å². The average Bonchev–Trinajstić information content (AvgIpc) is 2.40. The van der Waals surface area contributed by atoms with E-state index in [4.69, 9.17) is 5.73 Å². The highest BCUT2D eigenvalue weighted by Crippen LogP contribution is 2.13. The van der Waals surface area contributed by atoms with Gasteiger partial charge in [-0.1, -0.05) is 20.3 Å². The van der Waals surface area contributed by atoms with Crippen LogP contribution in [0.4, 0.5) is 11.4 Å². The second kappa shape index (κ2) is 7.28. The minimum Gasteiger partial charge on any atom is -0.399 e. The molecule has 1 amide bonds. The maximum absolute atomic E-state index is 12.0. The summed E-state index contributed by atoms with van der Waals surface area (Å²) in [7, 11) is -1.14. The highest BCUT2D eigenvalue weighted by molar-refractivity contribution is 7.86. The lowest BCUT2D eigenvalue weighted by Gasteiger charge is -2.14. The number of carbonyl (C=O) groups is 1. The fraction of sp³-hybridized carbons (Fsp3) is 0.500. The normalized spacial score (nSPS) is 15.5. The van der Waals surface area contributed by atoms with Crippen LogP contribution in [0.5, 0.6) is 0 Å². The van der Waals surface area contributed by atoms with Crippen molar-refractivity contribution in [2.24, 2.45) is 5.92 Å². The number of nitrogen functional groups attached to an aromatic ring is 1. The highest BCUT2D eigenvalue weighted by Gasteiger charge is 2.21. The number of nitrogens with two attached hydrogens (primary N) is 1. The molecule has 5 heteroatoms. The van der Waals surface area contributed by atoms with E-state index in [1.807, 2.05) is 6.92 Å². The molecule has 3 atom stereocenters. The molecule has 4 nitrogen and oxygen atoms in total. The van der Waals surface area contributed by atoms with Crippen molar-refractivity contribution in [3.05, 3.63) is 24.3 Å². The van der Waals surface area contributed by atoms with Crippen molar-refractivity contribution >= 4 is 28.1 Å². The van der Waals surface area contributed by atoms with Crippen LogP contribution < -0.4 is 11.1 Å². The average molecular weight is 282 g/mol. The summed E-state index contributed by atoms with van der Waals surface area (Å²) >= 11 is 0. The molecule has 0 bridgehead atoms. The van der Waals surface area contributed by atoms with Gasteiger partial charge in [-0.05, 0) is 37.1 Å². The third kappa shape index (κ3) is 5.03. The molecule has 3 N–H and O–H groups in total. The molecule has 106 valence electrons. The first-order chi connectivity index (χ1) is 8.93. The Kier molecular flexibility index (Phi) is 6.02. The number of nitrogens with one attached hydrogen (secondary N) is 1. The van der Waals surface area contributed by atoms with E-state index in [1.54, 1.807) is 31.2 Å². The van der Waals surface area contributed by atoms with Gasteiger partial charge in [0.05, 0.1) is 0 Å². The largest absolute Gasteiger partial charge is 0.399 e. The Hall–Kier alpha value is -1.36. The van der Waals surface area contributed by atoms with Crippen LogP contribution in [0.2, 0.25) is 0 Å². The second-order valence-electron chi connectivity index (χ2n) is 4.81. The smallest absolute Gasteiger partial charge is 0.239 e. The van der Waals surface area contributed by atoms with Gasteiger partial charge in [-0.15, -0.1) is 0 Å². The zero-order valence-electron chi connectivity index (χ0n) is 11.7. The van der Waals surface area contributed by atoms with E-state index in [-0.39, 0.29) is 5.91 Å². The summed E-state index contributed by atoms with van der Waals surface area (Å²) in [6.45, 7) is 5.80. The third-order valence-electron chi connectivity index (χ3n) is 3.09. The van der Waals surface area contributed by atoms with Crippen molar-refractivity contribution in [2.45, 2.75) is 32.4 Å². The summed E-state index contributed by atoms with van der Waals surface area (Å²) in [5.41, 5.74) is 6.89. The van der Waals surface area contributed by atoms with E-state index in [0.717, 1.165) is 6.42 Å². The SMILES string of the molecule is CCC(C)CS(=O)C(C)C(=O)Nc1ccc(N)cc1. The predicted octanol–water partition coefficient (Wildman–Crippen LogP) is 2.39. The number of benzene rings is 1. The summed E-state index contributed by atoms with van der Waals surface area (Å²) in [6.07, 6.45) is 0.970. The van der Waals surface area contributed by atoms with E-state index < -0.39 is 16.0 Å². The van der Waals surface area contributed by atoms with Gasteiger partial charge < -0.3 is 11.1 Å². The lowest BCUT2D eigenvalue weighted by atomic mass is 10.2. The molecule has 0 aliphatic heterocycles. The van der Waals surface area contributed by atoms with E-state index in [1.165, 1.54) is 0 Å². The molecule has 0 spiro atoms. The molecule has 0 aliphatic carbocycles. The number of hydrogen-bond donors (Lipinski definition) is 2. The summed E-state index contributed by atoms with van der Waals surface area (Å²) in [5, 5.41) is 2.25. The predicted molar refractivity (Wildman–Crippen MR) is 81.4 cm³/mol. The molecule has 1 rings (SSSR count). The molecule has 0 aliphatic rings. The fourth-order valence-corrected chi connectivity index (χ4v) is 2.86. The number of hydrogen-bond acceptors (Lipinski definition) is 3. The lowest BCUT2D eigenvalue weighted by Crippen LogP contribution is -2.31. The zero-order chi connectivity index (χ0) is 14.4. The second-order valence-corrected chi connectivity index (χ2v) is 6.62. The topological polar surface area (TPSA) is 72.2 Å². The van der Waals surface area contributed by atoms with E-state index in [2.05, 4.69) is 12.2 Å². The third-order valence-corrected chi connectivity index (χ3v) is 4.99. The van der Waals surface area contributed by atoms with Gasteiger partial charge in [-0.3, -0.25) is 9.00 Å². The van der Waals surface area contributed by atoms with Gasteiger partial charge >= 0.3 is 0 Å².